The molecule has 1 unspecified atom stereocenters. The van der Waals surface area contributed by atoms with Crippen molar-refractivity contribution >= 4 is 23.2 Å². The maximum Gasteiger partial charge on any atom is 0.267 e. The van der Waals surface area contributed by atoms with Crippen LogP contribution in [0.1, 0.15) is 80.2 Å². The largest absolute Gasteiger partial charge is 0.351 e. The van der Waals surface area contributed by atoms with Gasteiger partial charge in [0.1, 0.15) is 4.88 Å². The van der Waals surface area contributed by atoms with Gasteiger partial charge in [-0.2, -0.15) is 0 Å². The summed E-state index contributed by atoms with van der Waals surface area (Å²) in [7, 11) is 0. The first-order valence-corrected chi connectivity index (χ1v) is 11.8. The maximum absolute atomic E-state index is 13.6. The lowest BCUT2D eigenvalue weighted by molar-refractivity contribution is -0.127. The Hall–Kier alpha value is -2.08. The summed E-state index contributed by atoms with van der Waals surface area (Å²) in [6.07, 6.45) is 9.74. The Labute approximate surface area is 177 Å². The van der Waals surface area contributed by atoms with Crippen LogP contribution in [0.25, 0.3) is 5.69 Å². The first-order chi connectivity index (χ1) is 14.1. The fourth-order valence-electron chi connectivity index (χ4n) is 4.50. The van der Waals surface area contributed by atoms with Crippen LogP contribution in [0.4, 0.5) is 0 Å². The van der Waals surface area contributed by atoms with Gasteiger partial charge in [0.05, 0.1) is 11.4 Å². The summed E-state index contributed by atoms with van der Waals surface area (Å²) in [6, 6.07) is 5.57. The van der Waals surface area contributed by atoms with Crippen molar-refractivity contribution in [3.05, 3.63) is 40.3 Å². The van der Waals surface area contributed by atoms with Gasteiger partial charge in [-0.3, -0.25) is 9.59 Å². The third-order valence-corrected chi connectivity index (χ3v) is 7.02. The lowest BCUT2D eigenvalue weighted by Crippen LogP contribution is -2.46. The molecule has 3 heterocycles. The Kier molecular flexibility index (Phi) is 6.09. The van der Waals surface area contributed by atoms with Crippen LogP contribution in [0.15, 0.2) is 29.8 Å². The van der Waals surface area contributed by atoms with E-state index in [2.05, 4.69) is 19.2 Å². The molecular formula is C23H31N3O2S. The van der Waals surface area contributed by atoms with Gasteiger partial charge in [0.2, 0.25) is 5.91 Å². The van der Waals surface area contributed by atoms with E-state index in [1.807, 2.05) is 34.3 Å². The predicted octanol–water partition coefficient (Wildman–Crippen LogP) is 4.92. The van der Waals surface area contributed by atoms with Crippen LogP contribution in [0.5, 0.6) is 0 Å². The van der Waals surface area contributed by atoms with Crippen molar-refractivity contribution in [1.29, 1.82) is 0 Å². The topological polar surface area (TPSA) is 54.3 Å². The molecule has 156 valence electrons. The number of fused-ring (bicyclic) bond motifs is 3. The Bertz CT molecular complexity index is 861. The maximum atomic E-state index is 13.6. The summed E-state index contributed by atoms with van der Waals surface area (Å²) in [5.74, 6) is 0.399. The quantitative estimate of drug-likeness (QED) is 0.707. The molecule has 0 radical (unpaired) electrons. The normalized spacial score (nSPS) is 20.2. The minimum atomic E-state index is -0.584. The zero-order chi connectivity index (χ0) is 20.4. The Balaban J connectivity index is 1.69. The molecule has 0 bridgehead atoms. The van der Waals surface area contributed by atoms with Gasteiger partial charge in [-0.25, -0.2) is 0 Å². The van der Waals surface area contributed by atoms with Gasteiger partial charge >= 0.3 is 0 Å². The number of nitrogens with one attached hydrogen (secondary N) is 1. The van der Waals surface area contributed by atoms with Crippen molar-refractivity contribution in [3.63, 3.8) is 0 Å². The molecular weight excluding hydrogens is 382 g/mol. The van der Waals surface area contributed by atoms with Gasteiger partial charge in [0.25, 0.3) is 5.91 Å². The molecule has 1 aliphatic carbocycles. The molecule has 6 heteroatoms. The molecule has 2 aliphatic rings. The van der Waals surface area contributed by atoms with E-state index in [0.717, 1.165) is 35.5 Å². The first kappa shape index (κ1) is 20.2. The highest BCUT2D eigenvalue weighted by molar-refractivity contribution is 7.12. The number of nitrogens with zero attached hydrogens (tertiary/aromatic N) is 2. The van der Waals surface area contributed by atoms with Crippen molar-refractivity contribution < 1.29 is 9.59 Å². The van der Waals surface area contributed by atoms with E-state index in [1.54, 1.807) is 4.90 Å². The van der Waals surface area contributed by atoms with E-state index in [9.17, 15) is 9.59 Å². The summed E-state index contributed by atoms with van der Waals surface area (Å²) in [6.45, 7) is 4.89. The standard InChI is InChI=1S/C23H31N3O2S/c1-16(2)11-14-26-20(22(27)24-17-8-5-3-4-6-9-17)18-10-7-13-25(18)19-12-15-29-21(19)23(26)28/h7,10,12-13,15-17,20H,3-6,8-9,11,14H2,1-2H3,(H,24,27). The fraction of sp³-hybridized carbons (Fsp3) is 0.565. The van der Waals surface area contributed by atoms with Crippen LogP contribution in [-0.2, 0) is 4.79 Å². The number of thiophene rings is 1. The molecule has 1 atom stereocenters. The Morgan fingerprint density at radius 1 is 1.21 bits per heavy atom. The highest BCUT2D eigenvalue weighted by atomic mass is 32.1. The van der Waals surface area contributed by atoms with Crippen LogP contribution >= 0.6 is 11.3 Å². The molecule has 2 amide bonds. The monoisotopic (exact) mass is 413 g/mol. The number of amides is 2. The zero-order valence-electron chi connectivity index (χ0n) is 17.4. The van der Waals surface area contributed by atoms with E-state index < -0.39 is 6.04 Å². The van der Waals surface area contributed by atoms with E-state index >= 15 is 0 Å². The van der Waals surface area contributed by atoms with Gasteiger partial charge in [-0.15, -0.1) is 11.3 Å². The molecule has 1 fully saturated rings. The number of carbonyl (C=O) groups excluding carboxylic acids is 2. The molecule has 1 N–H and O–H groups in total. The number of hydrogen-bond acceptors (Lipinski definition) is 3. The lowest BCUT2D eigenvalue weighted by atomic mass is 10.1. The first-order valence-electron chi connectivity index (χ1n) is 10.9. The Morgan fingerprint density at radius 3 is 2.69 bits per heavy atom. The SMILES string of the molecule is CC(C)CCN1C(=O)c2sccc2-n2cccc2C1C(=O)NC1CCCCCC1. The summed E-state index contributed by atoms with van der Waals surface area (Å²) in [5.41, 5.74) is 1.77. The number of aromatic nitrogens is 1. The molecule has 1 saturated carbocycles. The number of carbonyl (C=O) groups is 2. The molecule has 2 aromatic heterocycles. The third-order valence-electron chi connectivity index (χ3n) is 6.13. The van der Waals surface area contributed by atoms with Gasteiger partial charge in [-0.05, 0) is 48.8 Å². The predicted molar refractivity (Wildman–Crippen MR) is 117 cm³/mol. The van der Waals surface area contributed by atoms with Gasteiger partial charge in [0.15, 0.2) is 6.04 Å². The molecule has 1 aliphatic heterocycles. The van der Waals surface area contributed by atoms with Crippen LogP contribution in [-0.4, -0.2) is 33.9 Å². The van der Waals surface area contributed by atoms with Crippen LogP contribution < -0.4 is 5.32 Å². The van der Waals surface area contributed by atoms with Crippen molar-refractivity contribution in [2.24, 2.45) is 5.92 Å². The van der Waals surface area contributed by atoms with Gasteiger partial charge < -0.3 is 14.8 Å². The highest BCUT2D eigenvalue weighted by Crippen LogP contribution is 2.35. The van der Waals surface area contributed by atoms with E-state index in [1.165, 1.54) is 37.0 Å². The summed E-state index contributed by atoms with van der Waals surface area (Å²) < 4.78 is 2.02. The summed E-state index contributed by atoms with van der Waals surface area (Å²) in [4.78, 5) is 29.6. The average molecular weight is 414 g/mol. The third kappa shape index (κ3) is 4.13. The second kappa shape index (κ2) is 8.74. The second-order valence-electron chi connectivity index (χ2n) is 8.72. The van der Waals surface area contributed by atoms with E-state index in [0.29, 0.717) is 12.5 Å². The van der Waals surface area contributed by atoms with Crippen LogP contribution in [0.2, 0.25) is 0 Å². The summed E-state index contributed by atoms with van der Waals surface area (Å²) in [5, 5.41) is 5.26. The molecule has 0 spiro atoms. The van der Waals surface area contributed by atoms with Crippen molar-refractivity contribution in [2.75, 3.05) is 6.54 Å². The zero-order valence-corrected chi connectivity index (χ0v) is 18.2. The van der Waals surface area contributed by atoms with Crippen molar-refractivity contribution in [3.8, 4) is 5.69 Å². The van der Waals surface area contributed by atoms with Gasteiger partial charge in [-0.1, -0.05) is 39.5 Å². The van der Waals surface area contributed by atoms with Crippen molar-refractivity contribution in [1.82, 2.24) is 14.8 Å². The molecule has 0 aromatic carbocycles. The van der Waals surface area contributed by atoms with E-state index in [4.69, 9.17) is 0 Å². The molecule has 5 nitrogen and oxygen atoms in total. The van der Waals surface area contributed by atoms with Crippen LogP contribution in [0, 0.1) is 5.92 Å². The summed E-state index contributed by atoms with van der Waals surface area (Å²) >= 11 is 1.46. The average Bonchev–Trinajstić information content (AvgIpc) is 3.27. The smallest absolute Gasteiger partial charge is 0.267 e. The molecule has 4 rings (SSSR count). The molecule has 29 heavy (non-hydrogen) atoms. The van der Waals surface area contributed by atoms with E-state index in [-0.39, 0.29) is 17.9 Å². The lowest BCUT2D eigenvalue weighted by Gasteiger charge is -2.31. The highest BCUT2D eigenvalue weighted by Gasteiger charge is 2.39. The van der Waals surface area contributed by atoms with Crippen molar-refractivity contribution in [2.45, 2.75) is 70.9 Å². The fourth-order valence-corrected chi connectivity index (χ4v) is 5.34. The number of hydrogen-bond donors (Lipinski definition) is 1. The molecule has 0 saturated heterocycles. The van der Waals surface area contributed by atoms with Crippen LogP contribution in [0.3, 0.4) is 0 Å². The molecule has 2 aromatic rings. The number of rotatable bonds is 5. The minimum absolute atomic E-state index is 0.0274. The Morgan fingerprint density at radius 2 is 1.97 bits per heavy atom. The minimum Gasteiger partial charge on any atom is -0.351 e. The second-order valence-corrected chi connectivity index (χ2v) is 9.63. The van der Waals surface area contributed by atoms with Gasteiger partial charge in [0, 0.05) is 18.8 Å².